The van der Waals surface area contributed by atoms with Crippen LogP contribution in [0, 0.1) is 17.8 Å². The highest BCUT2D eigenvalue weighted by Crippen LogP contribution is 2.20. The Morgan fingerprint density at radius 1 is 1.00 bits per heavy atom. The average molecular weight is 182 g/mol. The molecule has 13 heavy (non-hydrogen) atoms. The smallest absolute Gasteiger partial charge is 0.0210 e. The Kier molecular flexibility index (Phi) is 7.03. The van der Waals surface area contributed by atoms with Crippen molar-refractivity contribution < 1.29 is 0 Å². The number of rotatable bonds is 6. The number of hydrogen-bond donors (Lipinski definition) is 0. The lowest BCUT2D eigenvalue weighted by Crippen LogP contribution is -2.05. The fourth-order valence-electron chi connectivity index (χ4n) is 1.46. The molecule has 78 valence electrons. The third-order valence-electron chi connectivity index (χ3n) is 2.49. The van der Waals surface area contributed by atoms with Crippen molar-refractivity contribution in [2.75, 3.05) is 0 Å². The lowest BCUT2D eigenvalue weighted by molar-refractivity contribution is 0.421. The number of allylic oxidation sites excluding steroid dienone is 2. The summed E-state index contributed by atoms with van der Waals surface area (Å²) in [5, 5.41) is 0. The van der Waals surface area contributed by atoms with Crippen LogP contribution < -0.4 is 0 Å². The van der Waals surface area contributed by atoms with E-state index in [0.29, 0.717) is 5.92 Å². The van der Waals surface area contributed by atoms with Crippen molar-refractivity contribution in [1.29, 1.82) is 0 Å². The Bertz CT molecular complexity index is 131. The van der Waals surface area contributed by atoms with Crippen molar-refractivity contribution in [3.63, 3.8) is 0 Å². The van der Waals surface area contributed by atoms with Crippen molar-refractivity contribution in [2.45, 2.75) is 53.9 Å². The monoisotopic (exact) mass is 182 g/mol. The lowest BCUT2D eigenvalue weighted by atomic mass is 9.89. The topological polar surface area (TPSA) is 0 Å². The molecule has 0 aliphatic rings. The van der Waals surface area contributed by atoms with E-state index in [9.17, 15) is 0 Å². The molecule has 0 rings (SSSR count). The standard InChI is InChI=1S/C13H26/c1-6-7-8-13(12(4)5)10-9-11(2)3/h9-13H,6-8H2,1-5H3. The predicted molar refractivity (Wildman–Crippen MR) is 61.8 cm³/mol. The van der Waals surface area contributed by atoms with Crippen molar-refractivity contribution in [3.05, 3.63) is 12.2 Å². The molecule has 0 fully saturated rings. The van der Waals surface area contributed by atoms with Crippen LogP contribution in [0.15, 0.2) is 12.2 Å². The van der Waals surface area contributed by atoms with Gasteiger partial charge in [0.2, 0.25) is 0 Å². The van der Waals surface area contributed by atoms with E-state index in [0.717, 1.165) is 11.8 Å². The van der Waals surface area contributed by atoms with Gasteiger partial charge in [-0.2, -0.15) is 0 Å². The molecule has 0 aliphatic heterocycles. The van der Waals surface area contributed by atoms with Crippen LogP contribution >= 0.6 is 0 Å². The number of hydrogen-bond acceptors (Lipinski definition) is 0. The first-order valence-corrected chi connectivity index (χ1v) is 5.76. The van der Waals surface area contributed by atoms with Crippen LogP contribution in [0.5, 0.6) is 0 Å². The van der Waals surface area contributed by atoms with Gasteiger partial charge in [0, 0.05) is 0 Å². The first-order chi connectivity index (χ1) is 6.07. The van der Waals surface area contributed by atoms with E-state index in [-0.39, 0.29) is 0 Å². The molecule has 0 N–H and O–H groups in total. The molecule has 0 saturated heterocycles. The summed E-state index contributed by atoms with van der Waals surface area (Å²) in [4.78, 5) is 0. The van der Waals surface area contributed by atoms with Crippen molar-refractivity contribution >= 4 is 0 Å². The van der Waals surface area contributed by atoms with Crippen LogP contribution in [0.2, 0.25) is 0 Å². The normalized spacial score (nSPS) is 14.7. The molecule has 1 atom stereocenters. The highest BCUT2D eigenvalue weighted by Gasteiger charge is 2.08. The first kappa shape index (κ1) is 12.7. The van der Waals surface area contributed by atoms with Crippen LogP contribution in [0.25, 0.3) is 0 Å². The summed E-state index contributed by atoms with van der Waals surface area (Å²) >= 11 is 0. The molecular weight excluding hydrogens is 156 g/mol. The van der Waals surface area contributed by atoms with Gasteiger partial charge < -0.3 is 0 Å². The van der Waals surface area contributed by atoms with Crippen LogP contribution in [0.4, 0.5) is 0 Å². The predicted octanol–water partition coefficient (Wildman–Crippen LogP) is 4.66. The Balaban J connectivity index is 3.94. The molecule has 0 radical (unpaired) electrons. The molecule has 1 unspecified atom stereocenters. The Morgan fingerprint density at radius 3 is 2.00 bits per heavy atom. The second kappa shape index (κ2) is 7.17. The molecule has 0 aliphatic carbocycles. The zero-order chi connectivity index (χ0) is 10.3. The fourth-order valence-corrected chi connectivity index (χ4v) is 1.46. The summed E-state index contributed by atoms with van der Waals surface area (Å²) in [6.45, 7) is 11.4. The SMILES string of the molecule is CCCCC(C=CC(C)C)C(C)C. The third kappa shape index (κ3) is 6.86. The summed E-state index contributed by atoms with van der Waals surface area (Å²) in [5.41, 5.74) is 0. The quantitative estimate of drug-likeness (QED) is 0.524. The van der Waals surface area contributed by atoms with E-state index in [1.165, 1.54) is 19.3 Å². The van der Waals surface area contributed by atoms with Crippen molar-refractivity contribution in [3.8, 4) is 0 Å². The Labute approximate surface area is 84.4 Å². The van der Waals surface area contributed by atoms with E-state index in [1.54, 1.807) is 0 Å². The zero-order valence-corrected chi connectivity index (χ0v) is 10.0. The van der Waals surface area contributed by atoms with Gasteiger partial charge in [0.1, 0.15) is 0 Å². The highest BCUT2D eigenvalue weighted by atomic mass is 14.1. The highest BCUT2D eigenvalue weighted by molar-refractivity contribution is 4.91. The minimum atomic E-state index is 0.697. The summed E-state index contributed by atoms with van der Waals surface area (Å²) < 4.78 is 0. The van der Waals surface area contributed by atoms with Gasteiger partial charge in [0.25, 0.3) is 0 Å². The van der Waals surface area contributed by atoms with Crippen molar-refractivity contribution in [2.24, 2.45) is 17.8 Å². The number of unbranched alkanes of at least 4 members (excludes halogenated alkanes) is 1. The second-order valence-corrected chi connectivity index (χ2v) is 4.68. The minimum absolute atomic E-state index is 0.697. The lowest BCUT2D eigenvalue weighted by Gasteiger charge is -2.16. The maximum absolute atomic E-state index is 2.42. The van der Waals surface area contributed by atoms with E-state index in [2.05, 4.69) is 46.8 Å². The van der Waals surface area contributed by atoms with Gasteiger partial charge in [0.05, 0.1) is 0 Å². The largest absolute Gasteiger partial charge is 0.0857 e. The molecule has 0 heterocycles. The molecule has 0 spiro atoms. The van der Waals surface area contributed by atoms with E-state index in [4.69, 9.17) is 0 Å². The Morgan fingerprint density at radius 2 is 1.62 bits per heavy atom. The maximum Gasteiger partial charge on any atom is -0.0210 e. The summed E-state index contributed by atoms with van der Waals surface area (Å²) in [7, 11) is 0. The van der Waals surface area contributed by atoms with Crippen LogP contribution in [-0.2, 0) is 0 Å². The second-order valence-electron chi connectivity index (χ2n) is 4.68. The van der Waals surface area contributed by atoms with Gasteiger partial charge in [0.15, 0.2) is 0 Å². The van der Waals surface area contributed by atoms with Gasteiger partial charge in [-0.3, -0.25) is 0 Å². The minimum Gasteiger partial charge on any atom is -0.0857 e. The molecule has 0 aromatic carbocycles. The summed E-state index contributed by atoms with van der Waals surface area (Å²) in [5.74, 6) is 2.28. The maximum atomic E-state index is 2.42. The van der Waals surface area contributed by atoms with Gasteiger partial charge in [-0.15, -0.1) is 0 Å². The van der Waals surface area contributed by atoms with Crippen LogP contribution in [0.3, 0.4) is 0 Å². The Hall–Kier alpha value is -0.260. The molecular formula is C13H26. The van der Waals surface area contributed by atoms with E-state index in [1.807, 2.05) is 0 Å². The van der Waals surface area contributed by atoms with E-state index >= 15 is 0 Å². The fraction of sp³-hybridized carbons (Fsp3) is 0.846. The van der Waals surface area contributed by atoms with Gasteiger partial charge in [-0.25, -0.2) is 0 Å². The molecule has 0 aromatic rings. The van der Waals surface area contributed by atoms with Gasteiger partial charge >= 0.3 is 0 Å². The molecule has 0 nitrogen and oxygen atoms in total. The van der Waals surface area contributed by atoms with Crippen LogP contribution in [0.1, 0.15) is 53.9 Å². The summed E-state index contributed by atoms with van der Waals surface area (Å²) in [6.07, 6.45) is 8.81. The molecule has 0 heteroatoms. The zero-order valence-electron chi connectivity index (χ0n) is 10.0. The van der Waals surface area contributed by atoms with Gasteiger partial charge in [-0.1, -0.05) is 59.6 Å². The molecule has 0 aromatic heterocycles. The molecule has 0 bridgehead atoms. The first-order valence-electron chi connectivity index (χ1n) is 5.76. The molecule has 0 saturated carbocycles. The van der Waals surface area contributed by atoms with Crippen molar-refractivity contribution in [1.82, 2.24) is 0 Å². The average Bonchev–Trinajstić information content (AvgIpc) is 2.03. The summed E-state index contributed by atoms with van der Waals surface area (Å²) in [6, 6.07) is 0. The van der Waals surface area contributed by atoms with E-state index < -0.39 is 0 Å². The van der Waals surface area contributed by atoms with Crippen LogP contribution in [-0.4, -0.2) is 0 Å². The third-order valence-corrected chi connectivity index (χ3v) is 2.49. The molecule has 0 amide bonds. The van der Waals surface area contributed by atoms with Gasteiger partial charge in [-0.05, 0) is 24.2 Å².